The lowest BCUT2D eigenvalue weighted by Crippen LogP contribution is -2.18. The highest BCUT2D eigenvalue weighted by atomic mass is 19.4. The Morgan fingerprint density at radius 2 is 1.77 bits per heavy atom. The van der Waals surface area contributed by atoms with Crippen LogP contribution in [0, 0.1) is 0 Å². The molecule has 2 heterocycles. The van der Waals surface area contributed by atoms with E-state index in [1.54, 1.807) is 12.4 Å². The summed E-state index contributed by atoms with van der Waals surface area (Å²) < 4.78 is 37.3. The zero-order chi connectivity index (χ0) is 18.7. The van der Waals surface area contributed by atoms with Crippen LogP contribution in [0.15, 0.2) is 42.7 Å². The molecule has 0 amide bonds. The number of nitrogens with zero attached hydrogens (tertiary/aromatic N) is 3. The Labute approximate surface area is 149 Å². The molecule has 136 valence electrons. The average molecular weight is 360 g/mol. The summed E-state index contributed by atoms with van der Waals surface area (Å²) >= 11 is 0. The topological polar surface area (TPSA) is 64.7 Å². The second-order valence-electron chi connectivity index (χ2n) is 6.11. The molecule has 0 fully saturated rings. The normalized spacial score (nSPS) is 13.1. The number of alkyl halides is 3. The van der Waals surface area contributed by atoms with Gasteiger partial charge in [-0.15, -0.1) is 0 Å². The van der Waals surface area contributed by atoms with Gasteiger partial charge in [-0.05, 0) is 48.2 Å². The largest absolute Gasteiger partial charge is 0.389 e. The molecule has 0 saturated heterocycles. The monoisotopic (exact) mass is 360 g/mol. The maximum atomic E-state index is 12.4. The Morgan fingerprint density at radius 1 is 1.04 bits per heavy atom. The van der Waals surface area contributed by atoms with Crippen LogP contribution in [0.25, 0.3) is 22.0 Å². The first-order chi connectivity index (χ1) is 12.4. The zero-order valence-corrected chi connectivity index (χ0v) is 14.3. The predicted octanol–water partition coefficient (Wildman–Crippen LogP) is 4.60. The zero-order valence-electron chi connectivity index (χ0n) is 14.3. The Morgan fingerprint density at radius 3 is 2.42 bits per heavy atom. The van der Waals surface area contributed by atoms with Gasteiger partial charge >= 0.3 is 6.18 Å². The van der Waals surface area contributed by atoms with Crippen LogP contribution in [0.3, 0.4) is 0 Å². The van der Waals surface area contributed by atoms with Crippen molar-refractivity contribution in [2.24, 2.45) is 5.73 Å². The molecule has 0 aliphatic rings. The molecule has 0 aliphatic carbocycles. The van der Waals surface area contributed by atoms with Gasteiger partial charge in [0.25, 0.3) is 0 Å². The number of rotatable bonds is 5. The summed E-state index contributed by atoms with van der Waals surface area (Å²) in [7, 11) is 0. The summed E-state index contributed by atoms with van der Waals surface area (Å²) in [5.74, 6) is 0.260. The second kappa shape index (κ2) is 7.37. The Balaban J connectivity index is 1.97. The SMILES string of the molecule is CCc1nc(C(N)CCC(F)(F)F)nc2ccc(-c3ccncc3)cc12. The van der Waals surface area contributed by atoms with Crippen molar-refractivity contribution < 1.29 is 13.2 Å². The van der Waals surface area contributed by atoms with E-state index in [1.807, 2.05) is 37.3 Å². The van der Waals surface area contributed by atoms with Crippen LogP contribution in [0.2, 0.25) is 0 Å². The third-order valence-electron chi connectivity index (χ3n) is 4.21. The minimum atomic E-state index is -4.23. The number of aryl methyl sites for hydroxylation is 1. The van der Waals surface area contributed by atoms with Crippen molar-refractivity contribution >= 4 is 10.9 Å². The van der Waals surface area contributed by atoms with Crippen LogP contribution in [-0.2, 0) is 6.42 Å². The summed E-state index contributed by atoms with van der Waals surface area (Å²) in [5.41, 5.74) is 9.40. The van der Waals surface area contributed by atoms with E-state index in [0.717, 1.165) is 22.2 Å². The maximum Gasteiger partial charge on any atom is 0.389 e. The molecule has 1 atom stereocenters. The van der Waals surface area contributed by atoms with Crippen molar-refractivity contribution in [3.8, 4) is 11.1 Å². The van der Waals surface area contributed by atoms with Crippen molar-refractivity contribution in [3.63, 3.8) is 0 Å². The fraction of sp³-hybridized carbons (Fsp3) is 0.316. The molecule has 1 aromatic carbocycles. The number of benzene rings is 1. The van der Waals surface area contributed by atoms with Gasteiger partial charge in [-0.3, -0.25) is 4.98 Å². The third-order valence-corrected chi connectivity index (χ3v) is 4.21. The number of hydrogen-bond donors (Lipinski definition) is 1. The first kappa shape index (κ1) is 18.3. The van der Waals surface area contributed by atoms with Crippen molar-refractivity contribution in [1.29, 1.82) is 0 Å². The van der Waals surface area contributed by atoms with Gasteiger partial charge in [-0.2, -0.15) is 13.2 Å². The lowest BCUT2D eigenvalue weighted by Gasteiger charge is -2.15. The molecular weight excluding hydrogens is 341 g/mol. The number of nitrogens with two attached hydrogens (primary N) is 1. The van der Waals surface area contributed by atoms with E-state index in [9.17, 15) is 13.2 Å². The number of aromatic nitrogens is 3. The van der Waals surface area contributed by atoms with E-state index >= 15 is 0 Å². The molecule has 4 nitrogen and oxygen atoms in total. The molecule has 0 bridgehead atoms. The fourth-order valence-electron chi connectivity index (χ4n) is 2.82. The molecule has 0 spiro atoms. The number of hydrogen-bond acceptors (Lipinski definition) is 4. The molecule has 3 rings (SSSR count). The van der Waals surface area contributed by atoms with Crippen molar-refractivity contribution in [2.75, 3.05) is 0 Å². The van der Waals surface area contributed by atoms with E-state index in [1.165, 1.54) is 0 Å². The summed E-state index contributed by atoms with van der Waals surface area (Å²) in [6, 6.07) is 8.76. The molecule has 1 unspecified atom stereocenters. The Bertz CT molecular complexity index is 894. The summed E-state index contributed by atoms with van der Waals surface area (Å²) in [6.45, 7) is 1.95. The van der Waals surface area contributed by atoms with Gasteiger partial charge in [-0.1, -0.05) is 13.0 Å². The third kappa shape index (κ3) is 4.16. The van der Waals surface area contributed by atoms with Crippen molar-refractivity contribution in [1.82, 2.24) is 15.0 Å². The van der Waals surface area contributed by atoms with Crippen LogP contribution in [-0.4, -0.2) is 21.1 Å². The first-order valence-corrected chi connectivity index (χ1v) is 8.40. The maximum absolute atomic E-state index is 12.4. The highest BCUT2D eigenvalue weighted by Crippen LogP contribution is 2.28. The van der Waals surface area contributed by atoms with Crippen LogP contribution in [0.4, 0.5) is 13.2 Å². The summed E-state index contributed by atoms with van der Waals surface area (Å²) in [4.78, 5) is 12.9. The molecule has 0 aliphatic heterocycles. The van der Waals surface area contributed by atoms with Gasteiger partial charge in [0.05, 0.1) is 17.3 Å². The van der Waals surface area contributed by atoms with E-state index in [4.69, 9.17) is 5.73 Å². The van der Waals surface area contributed by atoms with Crippen molar-refractivity contribution in [2.45, 2.75) is 38.4 Å². The van der Waals surface area contributed by atoms with Gasteiger partial charge in [-0.25, -0.2) is 9.97 Å². The van der Waals surface area contributed by atoms with Gasteiger partial charge in [0.1, 0.15) is 5.82 Å². The molecular formula is C19H19F3N4. The highest BCUT2D eigenvalue weighted by Gasteiger charge is 2.28. The average Bonchev–Trinajstić information content (AvgIpc) is 2.64. The predicted molar refractivity (Wildman–Crippen MR) is 94.4 cm³/mol. The molecule has 2 aromatic heterocycles. The summed E-state index contributed by atoms with van der Waals surface area (Å²) in [5, 5.41) is 0.883. The lowest BCUT2D eigenvalue weighted by atomic mass is 10.0. The summed E-state index contributed by atoms with van der Waals surface area (Å²) in [6.07, 6.45) is -1.33. The Hall–Kier alpha value is -2.54. The number of halogens is 3. The van der Waals surface area contributed by atoms with Crippen LogP contribution in [0.1, 0.15) is 37.3 Å². The molecule has 0 radical (unpaired) electrons. The van der Waals surface area contributed by atoms with E-state index in [0.29, 0.717) is 11.9 Å². The molecule has 26 heavy (non-hydrogen) atoms. The van der Waals surface area contributed by atoms with Crippen LogP contribution >= 0.6 is 0 Å². The molecule has 3 aromatic rings. The first-order valence-electron chi connectivity index (χ1n) is 8.40. The molecule has 7 heteroatoms. The lowest BCUT2D eigenvalue weighted by molar-refractivity contribution is -0.136. The van der Waals surface area contributed by atoms with Crippen molar-refractivity contribution in [3.05, 3.63) is 54.2 Å². The second-order valence-corrected chi connectivity index (χ2v) is 6.11. The smallest absolute Gasteiger partial charge is 0.321 e. The fourth-order valence-corrected chi connectivity index (χ4v) is 2.82. The standard InChI is InChI=1S/C19H19F3N4/c1-2-16-14-11-13(12-6-9-24-10-7-12)3-4-17(14)26-18(25-16)15(23)5-8-19(20,21)22/h3-4,6-7,9-11,15H,2,5,8,23H2,1H3. The van der Waals surface area contributed by atoms with Gasteiger partial charge in [0.15, 0.2) is 0 Å². The van der Waals surface area contributed by atoms with Crippen LogP contribution < -0.4 is 5.73 Å². The molecule has 2 N–H and O–H groups in total. The Kier molecular flexibility index (Phi) is 5.18. The van der Waals surface area contributed by atoms with E-state index < -0.39 is 18.6 Å². The minimum Gasteiger partial charge on any atom is -0.321 e. The van der Waals surface area contributed by atoms with Gasteiger partial charge < -0.3 is 5.73 Å². The van der Waals surface area contributed by atoms with E-state index in [2.05, 4.69) is 15.0 Å². The molecule has 0 saturated carbocycles. The number of fused-ring (bicyclic) bond motifs is 1. The van der Waals surface area contributed by atoms with E-state index in [-0.39, 0.29) is 12.2 Å². The quantitative estimate of drug-likeness (QED) is 0.722. The van der Waals surface area contributed by atoms with Gasteiger partial charge in [0.2, 0.25) is 0 Å². The minimum absolute atomic E-state index is 0.229. The highest BCUT2D eigenvalue weighted by molar-refractivity contribution is 5.86. The van der Waals surface area contributed by atoms with Gasteiger partial charge in [0, 0.05) is 24.2 Å². The number of pyridine rings is 1. The van der Waals surface area contributed by atoms with Crippen LogP contribution in [0.5, 0.6) is 0 Å².